The molecule has 0 aliphatic carbocycles. The van der Waals surface area contributed by atoms with Gasteiger partial charge in [0.25, 0.3) is 10.4 Å². The lowest BCUT2D eigenvalue weighted by Gasteiger charge is -2.25. The topological polar surface area (TPSA) is 107 Å². The molecule has 42 heavy (non-hydrogen) atoms. The second kappa shape index (κ2) is 10.9. The van der Waals surface area contributed by atoms with Crippen molar-refractivity contribution in [3.8, 4) is 11.1 Å². The Morgan fingerprint density at radius 2 is 1.67 bits per heavy atom. The number of nitrogens with zero attached hydrogens (tertiary/aromatic N) is 3. The van der Waals surface area contributed by atoms with Crippen molar-refractivity contribution in [1.29, 1.82) is 0 Å². The highest BCUT2D eigenvalue weighted by Gasteiger charge is 2.48. The van der Waals surface area contributed by atoms with Gasteiger partial charge in [0.05, 0.1) is 23.7 Å². The molecule has 1 unspecified atom stereocenters. The lowest BCUT2D eigenvalue weighted by Crippen LogP contribution is -2.42. The SMILES string of the molecule is O=C(N1N=C(c2c(-c3ccc(Cl)cc3)c3ccccc3[nH]c2=O)CC1c1ccc(Cl)cc1)C(F)(F)Cc1noc(=S)[nH]1. The number of aromatic amines is 2. The third-order valence-electron chi connectivity index (χ3n) is 6.90. The minimum atomic E-state index is -3.94. The maximum absolute atomic E-state index is 15.4. The molecule has 0 radical (unpaired) electrons. The number of nitrogens with one attached hydrogen (secondary N) is 2. The van der Waals surface area contributed by atoms with Crippen molar-refractivity contribution >= 4 is 57.9 Å². The predicted molar refractivity (Wildman–Crippen MR) is 158 cm³/mol. The van der Waals surface area contributed by atoms with E-state index in [1.54, 1.807) is 60.7 Å². The van der Waals surface area contributed by atoms with Crippen molar-refractivity contribution in [2.45, 2.75) is 24.8 Å². The number of aromatic nitrogens is 3. The number of H-pyrrole nitrogens is 2. The van der Waals surface area contributed by atoms with E-state index in [4.69, 9.17) is 35.4 Å². The molecule has 6 rings (SSSR count). The average Bonchev–Trinajstić information content (AvgIpc) is 3.58. The number of carbonyl (C=O) groups excluding carboxylic acids is 1. The van der Waals surface area contributed by atoms with Crippen LogP contribution in [0.4, 0.5) is 8.78 Å². The summed E-state index contributed by atoms with van der Waals surface area (Å²) in [5.74, 6) is -5.81. The first-order valence-corrected chi connectivity index (χ1v) is 13.8. The molecule has 3 heterocycles. The van der Waals surface area contributed by atoms with Crippen LogP contribution in [0.15, 0.2) is 87.2 Å². The molecule has 0 saturated heterocycles. The summed E-state index contributed by atoms with van der Waals surface area (Å²) in [5, 5.41) is 10.2. The Kier molecular flexibility index (Phi) is 7.25. The summed E-state index contributed by atoms with van der Waals surface area (Å²) in [6.45, 7) is 0. The van der Waals surface area contributed by atoms with E-state index in [1.165, 1.54) is 0 Å². The molecule has 1 aliphatic rings. The van der Waals surface area contributed by atoms with Crippen LogP contribution in [-0.2, 0) is 11.2 Å². The van der Waals surface area contributed by atoms with Gasteiger partial charge >= 0.3 is 11.8 Å². The molecule has 1 aliphatic heterocycles. The van der Waals surface area contributed by atoms with Crippen LogP contribution >= 0.6 is 35.4 Å². The first-order valence-electron chi connectivity index (χ1n) is 12.6. The van der Waals surface area contributed by atoms with Crippen molar-refractivity contribution in [2.75, 3.05) is 0 Å². The highest BCUT2D eigenvalue weighted by atomic mass is 35.5. The number of para-hydroxylation sites is 1. The summed E-state index contributed by atoms with van der Waals surface area (Å²) < 4.78 is 35.5. The molecule has 0 spiro atoms. The zero-order valence-corrected chi connectivity index (χ0v) is 23.7. The summed E-state index contributed by atoms with van der Waals surface area (Å²) in [6, 6.07) is 19.6. The Labute approximate surface area is 251 Å². The first-order chi connectivity index (χ1) is 20.1. The Bertz CT molecular complexity index is 1970. The zero-order valence-electron chi connectivity index (χ0n) is 21.4. The number of halogens is 4. The lowest BCUT2D eigenvalue weighted by molar-refractivity contribution is -0.159. The largest absolute Gasteiger partial charge is 0.333 e. The fourth-order valence-electron chi connectivity index (χ4n) is 5.02. The van der Waals surface area contributed by atoms with Crippen LogP contribution in [0.1, 0.15) is 29.4 Å². The van der Waals surface area contributed by atoms with Crippen LogP contribution in [-0.4, -0.2) is 37.7 Å². The zero-order chi connectivity index (χ0) is 29.6. The second-order valence-corrected chi connectivity index (χ2v) is 10.9. The normalized spacial score (nSPS) is 15.3. The number of rotatable bonds is 6. The number of fused-ring (bicyclic) bond motifs is 1. The van der Waals surface area contributed by atoms with E-state index >= 15 is 8.78 Å². The predicted octanol–water partition coefficient (Wildman–Crippen LogP) is 7.10. The maximum Gasteiger partial charge on any atom is 0.333 e. The van der Waals surface area contributed by atoms with E-state index in [1.807, 2.05) is 12.1 Å². The highest BCUT2D eigenvalue weighted by Crippen LogP contribution is 2.39. The molecule has 212 valence electrons. The molecule has 2 N–H and O–H groups in total. The highest BCUT2D eigenvalue weighted by molar-refractivity contribution is 7.71. The number of alkyl halides is 2. The molecule has 5 aromatic rings. The van der Waals surface area contributed by atoms with Crippen molar-refractivity contribution in [3.63, 3.8) is 0 Å². The molecular formula is C29H19Cl2F2N5O3S. The van der Waals surface area contributed by atoms with Gasteiger partial charge in [0.15, 0.2) is 5.82 Å². The molecule has 8 nitrogen and oxygen atoms in total. The molecule has 1 atom stereocenters. The van der Waals surface area contributed by atoms with Gasteiger partial charge in [-0.3, -0.25) is 14.6 Å². The molecule has 1 amide bonds. The molecule has 0 saturated carbocycles. The summed E-state index contributed by atoms with van der Waals surface area (Å²) >= 11 is 17.0. The van der Waals surface area contributed by atoms with Gasteiger partial charge in [-0.15, -0.1) is 0 Å². The molecular weight excluding hydrogens is 607 g/mol. The van der Waals surface area contributed by atoms with E-state index in [9.17, 15) is 9.59 Å². The smallest absolute Gasteiger partial charge is 0.324 e. The van der Waals surface area contributed by atoms with Crippen LogP contribution in [0.25, 0.3) is 22.0 Å². The molecule has 0 bridgehead atoms. The number of carbonyl (C=O) groups is 1. The van der Waals surface area contributed by atoms with Gasteiger partial charge in [-0.05, 0) is 53.7 Å². The minimum absolute atomic E-state index is 0.0160. The average molecular weight is 626 g/mol. The van der Waals surface area contributed by atoms with E-state index in [-0.39, 0.29) is 28.4 Å². The van der Waals surface area contributed by atoms with Crippen LogP contribution < -0.4 is 5.56 Å². The Hall–Kier alpha value is -4.19. The van der Waals surface area contributed by atoms with Gasteiger partial charge < -0.3 is 9.51 Å². The molecule has 0 fully saturated rings. The molecule has 13 heteroatoms. The standard InChI is InChI=1S/C29H19Cl2F2N5O3S/c30-17-9-5-15(6-10-17)22-13-21(36-38(22)27(40)29(32,33)14-23-35-28(42)41-37-23)25-24(16-7-11-18(31)12-8-16)19-3-1-2-4-20(19)34-26(25)39/h1-12,22H,13-14H2,(H,34,39)(H,35,37,42). The fourth-order valence-corrected chi connectivity index (χ4v) is 5.43. The number of benzene rings is 3. The van der Waals surface area contributed by atoms with Gasteiger partial charge in [-0.25, -0.2) is 5.01 Å². The van der Waals surface area contributed by atoms with Crippen LogP contribution in [0.3, 0.4) is 0 Å². The van der Waals surface area contributed by atoms with E-state index in [2.05, 4.69) is 24.7 Å². The van der Waals surface area contributed by atoms with Crippen LogP contribution in [0.2, 0.25) is 10.0 Å². The first kappa shape index (κ1) is 28.0. The molecule has 3 aromatic carbocycles. The van der Waals surface area contributed by atoms with Crippen molar-refractivity contribution < 1.29 is 18.1 Å². The Balaban J connectivity index is 1.51. The van der Waals surface area contributed by atoms with Gasteiger partial charge in [0.1, 0.15) is 0 Å². The maximum atomic E-state index is 15.4. The number of pyridine rings is 1. The molecule has 2 aromatic heterocycles. The van der Waals surface area contributed by atoms with Crippen molar-refractivity contribution in [1.82, 2.24) is 20.1 Å². The van der Waals surface area contributed by atoms with Crippen LogP contribution in [0, 0.1) is 4.84 Å². The minimum Gasteiger partial charge on any atom is -0.324 e. The van der Waals surface area contributed by atoms with Gasteiger partial charge in [0.2, 0.25) is 0 Å². The lowest BCUT2D eigenvalue weighted by atomic mass is 9.91. The van der Waals surface area contributed by atoms with E-state index in [0.29, 0.717) is 37.6 Å². The van der Waals surface area contributed by atoms with Crippen molar-refractivity contribution in [3.05, 3.63) is 115 Å². The summed E-state index contributed by atoms with van der Waals surface area (Å²) in [5.41, 5.74) is 2.13. The van der Waals surface area contributed by atoms with Gasteiger partial charge in [-0.2, -0.15) is 13.9 Å². The second-order valence-electron chi connectivity index (χ2n) is 9.65. The number of hydrogen-bond donors (Lipinski definition) is 2. The quantitative estimate of drug-likeness (QED) is 0.196. The Morgan fingerprint density at radius 3 is 2.33 bits per heavy atom. The third kappa shape index (κ3) is 5.26. The Morgan fingerprint density at radius 1 is 1.00 bits per heavy atom. The van der Waals surface area contributed by atoms with Crippen LogP contribution in [0.5, 0.6) is 0 Å². The van der Waals surface area contributed by atoms with Crippen molar-refractivity contribution in [2.24, 2.45) is 5.10 Å². The van der Waals surface area contributed by atoms with E-state index < -0.39 is 29.9 Å². The fraction of sp³-hybridized carbons (Fsp3) is 0.138. The van der Waals surface area contributed by atoms with Gasteiger partial charge in [0, 0.05) is 32.9 Å². The third-order valence-corrected chi connectivity index (χ3v) is 7.58. The number of amides is 1. The monoisotopic (exact) mass is 625 g/mol. The summed E-state index contributed by atoms with van der Waals surface area (Å²) in [7, 11) is 0. The van der Waals surface area contributed by atoms with Gasteiger partial charge in [-0.1, -0.05) is 70.8 Å². The van der Waals surface area contributed by atoms with E-state index in [0.717, 1.165) is 5.01 Å². The number of hydrazone groups is 1. The number of hydrogen-bond acceptors (Lipinski definition) is 6. The summed E-state index contributed by atoms with van der Waals surface area (Å²) in [4.78, 5) is 32.1. The summed E-state index contributed by atoms with van der Waals surface area (Å²) in [6.07, 6.45) is -1.11.